The van der Waals surface area contributed by atoms with E-state index in [-0.39, 0.29) is 24.3 Å². The van der Waals surface area contributed by atoms with E-state index in [4.69, 9.17) is 9.15 Å². The lowest BCUT2D eigenvalue weighted by molar-refractivity contribution is -0.907. The van der Waals surface area contributed by atoms with Crippen LogP contribution < -0.4 is 4.90 Å². The molecule has 0 spiro atoms. The molecule has 1 aliphatic rings. The van der Waals surface area contributed by atoms with Crippen LogP contribution in [0, 0.1) is 5.92 Å². The van der Waals surface area contributed by atoms with Crippen LogP contribution in [0.2, 0.25) is 0 Å². The largest absolute Gasteiger partial charge is 0.467 e. The van der Waals surface area contributed by atoms with Crippen LogP contribution >= 0.6 is 0 Å². The van der Waals surface area contributed by atoms with Crippen molar-refractivity contribution in [2.45, 2.75) is 26.9 Å². The highest BCUT2D eigenvalue weighted by Gasteiger charge is 2.25. The summed E-state index contributed by atoms with van der Waals surface area (Å²) in [6.45, 7) is 9.46. The van der Waals surface area contributed by atoms with Gasteiger partial charge in [0.25, 0.3) is 0 Å². The summed E-state index contributed by atoms with van der Waals surface area (Å²) in [4.78, 5) is 31.1. The van der Waals surface area contributed by atoms with Crippen LogP contribution in [0.25, 0.3) is 0 Å². The maximum absolute atomic E-state index is 13.3. The number of furan rings is 1. The molecule has 0 bridgehead atoms. The van der Waals surface area contributed by atoms with E-state index in [1.165, 1.54) is 4.90 Å². The first kappa shape index (κ1) is 23.0. The molecule has 1 saturated heterocycles. The van der Waals surface area contributed by atoms with Gasteiger partial charge >= 0.3 is 0 Å². The monoisotopic (exact) mass is 428 g/mol. The highest BCUT2D eigenvalue weighted by molar-refractivity contribution is 5.85. The zero-order valence-electron chi connectivity index (χ0n) is 18.6. The number of amides is 2. The van der Waals surface area contributed by atoms with Gasteiger partial charge in [0.05, 0.1) is 45.7 Å². The third-order valence-electron chi connectivity index (χ3n) is 5.56. The fourth-order valence-electron chi connectivity index (χ4n) is 3.73. The first-order valence-corrected chi connectivity index (χ1v) is 11.1. The minimum Gasteiger partial charge on any atom is -0.467 e. The molecule has 0 aliphatic carbocycles. The third-order valence-corrected chi connectivity index (χ3v) is 5.56. The number of nitrogens with one attached hydrogen (secondary N) is 1. The minimum atomic E-state index is -0.153. The molecule has 1 aromatic carbocycles. The van der Waals surface area contributed by atoms with Crippen LogP contribution in [0.3, 0.4) is 0 Å². The van der Waals surface area contributed by atoms with E-state index in [1.54, 1.807) is 16.1 Å². The summed E-state index contributed by atoms with van der Waals surface area (Å²) in [5, 5.41) is 0. The molecule has 7 nitrogen and oxygen atoms in total. The van der Waals surface area contributed by atoms with Crippen molar-refractivity contribution in [3.8, 4) is 0 Å². The van der Waals surface area contributed by atoms with Crippen LogP contribution in [0.15, 0.2) is 53.1 Å². The molecule has 0 atom stereocenters. The van der Waals surface area contributed by atoms with E-state index in [0.29, 0.717) is 19.6 Å². The maximum Gasteiger partial charge on any atom is 0.242 e. The lowest BCUT2D eigenvalue weighted by Crippen LogP contribution is -3.14. The number of ether oxygens (including phenoxy) is 1. The van der Waals surface area contributed by atoms with Gasteiger partial charge in [-0.1, -0.05) is 44.2 Å². The van der Waals surface area contributed by atoms with E-state index in [0.717, 1.165) is 44.2 Å². The van der Waals surface area contributed by atoms with Crippen molar-refractivity contribution in [1.82, 2.24) is 9.80 Å². The molecule has 1 aliphatic heterocycles. The Morgan fingerprint density at radius 3 is 2.39 bits per heavy atom. The number of carbonyl (C=O) groups excluding carboxylic acids is 2. The van der Waals surface area contributed by atoms with Gasteiger partial charge in [0.15, 0.2) is 0 Å². The second kappa shape index (κ2) is 11.7. The summed E-state index contributed by atoms with van der Waals surface area (Å²) in [5.74, 6) is 0.508. The first-order chi connectivity index (χ1) is 15.0. The highest BCUT2D eigenvalue weighted by Crippen LogP contribution is 2.12. The maximum atomic E-state index is 13.3. The Morgan fingerprint density at radius 1 is 1.00 bits per heavy atom. The summed E-state index contributed by atoms with van der Waals surface area (Å²) in [6.07, 6.45) is 1.61. The number of nitrogens with zero attached hydrogens (tertiary/aromatic N) is 2. The predicted molar refractivity (Wildman–Crippen MR) is 117 cm³/mol. The zero-order chi connectivity index (χ0) is 22.1. The van der Waals surface area contributed by atoms with Crippen molar-refractivity contribution in [2.75, 3.05) is 45.9 Å². The van der Waals surface area contributed by atoms with Crippen molar-refractivity contribution in [1.29, 1.82) is 0 Å². The van der Waals surface area contributed by atoms with Crippen molar-refractivity contribution >= 4 is 11.8 Å². The van der Waals surface area contributed by atoms with Crippen LogP contribution in [-0.4, -0.2) is 67.6 Å². The second-order valence-corrected chi connectivity index (χ2v) is 8.34. The predicted octanol–water partition coefficient (Wildman–Crippen LogP) is 1.21. The molecular weight excluding hydrogens is 394 g/mol. The number of hydrogen-bond acceptors (Lipinski definition) is 4. The van der Waals surface area contributed by atoms with Crippen LogP contribution in [0.4, 0.5) is 0 Å². The summed E-state index contributed by atoms with van der Waals surface area (Å²) in [6, 6.07) is 13.6. The van der Waals surface area contributed by atoms with Gasteiger partial charge in [-0.3, -0.25) is 9.59 Å². The zero-order valence-corrected chi connectivity index (χ0v) is 18.6. The Hall–Kier alpha value is -2.64. The summed E-state index contributed by atoms with van der Waals surface area (Å²) >= 11 is 0. The third kappa shape index (κ3) is 7.22. The average molecular weight is 429 g/mol. The van der Waals surface area contributed by atoms with Gasteiger partial charge in [-0.05, 0) is 17.7 Å². The number of carbonyl (C=O) groups is 2. The van der Waals surface area contributed by atoms with E-state index < -0.39 is 0 Å². The van der Waals surface area contributed by atoms with Crippen molar-refractivity contribution in [3.63, 3.8) is 0 Å². The number of quaternary nitrogens is 1. The molecule has 1 aromatic heterocycles. The molecule has 3 rings (SSSR count). The molecule has 2 amide bonds. The Bertz CT molecular complexity index is 801. The van der Waals surface area contributed by atoms with Gasteiger partial charge in [-0.2, -0.15) is 0 Å². The van der Waals surface area contributed by atoms with Gasteiger partial charge in [0, 0.05) is 12.5 Å². The van der Waals surface area contributed by atoms with Gasteiger partial charge in [-0.25, -0.2) is 0 Å². The molecule has 0 radical (unpaired) electrons. The van der Waals surface area contributed by atoms with E-state index >= 15 is 0 Å². The highest BCUT2D eigenvalue weighted by atomic mass is 16.5. The molecule has 2 heterocycles. The topological polar surface area (TPSA) is 67.4 Å². The molecule has 2 aromatic rings. The number of benzene rings is 1. The van der Waals surface area contributed by atoms with E-state index in [1.807, 2.05) is 56.3 Å². The number of rotatable bonds is 10. The first-order valence-electron chi connectivity index (χ1n) is 11.1. The Morgan fingerprint density at radius 2 is 1.74 bits per heavy atom. The molecule has 168 valence electrons. The smallest absolute Gasteiger partial charge is 0.242 e. The fraction of sp³-hybridized carbons (Fsp3) is 0.500. The average Bonchev–Trinajstić information content (AvgIpc) is 3.30. The summed E-state index contributed by atoms with van der Waals surface area (Å²) < 4.78 is 10.9. The lowest BCUT2D eigenvalue weighted by atomic mass is 10.1. The van der Waals surface area contributed by atoms with Crippen molar-refractivity contribution < 1.29 is 23.6 Å². The molecule has 1 N–H and O–H groups in total. The standard InChI is InChI=1S/C24H33N3O4/c1-20(2)24(29)26(11-10-25-12-15-30-16-13-25)19-23(28)27(18-22-9-6-14-31-22)17-21-7-4-3-5-8-21/h3-9,14,20H,10-13,15-19H2,1-2H3/p+1. The van der Waals surface area contributed by atoms with Crippen LogP contribution in [-0.2, 0) is 27.4 Å². The van der Waals surface area contributed by atoms with Gasteiger partial charge in [0.2, 0.25) is 11.8 Å². The van der Waals surface area contributed by atoms with E-state index in [2.05, 4.69) is 0 Å². The Kier molecular flexibility index (Phi) is 8.67. The Balaban J connectivity index is 1.68. The van der Waals surface area contributed by atoms with E-state index in [9.17, 15) is 9.59 Å². The van der Waals surface area contributed by atoms with Crippen molar-refractivity contribution in [3.05, 3.63) is 60.1 Å². The van der Waals surface area contributed by atoms with Gasteiger partial charge in [0.1, 0.15) is 18.8 Å². The number of morpholine rings is 1. The molecule has 1 fully saturated rings. The lowest BCUT2D eigenvalue weighted by Gasteiger charge is -2.30. The molecular formula is C24H34N3O4+. The van der Waals surface area contributed by atoms with Gasteiger partial charge in [-0.15, -0.1) is 0 Å². The van der Waals surface area contributed by atoms with Crippen molar-refractivity contribution in [2.24, 2.45) is 5.92 Å². The minimum absolute atomic E-state index is 0.0127. The Labute approximate surface area is 184 Å². The normalized spacial score (nSPS) is 14.5. The molecule has 7 heteroatoms. The molecule has 0 saturated carbocycles. The molecule has 31 heavy (non-hydrogen) atoms. The fourth-order valence-corrected chi connectivity index (χ4v) is 3.73. The SMILES string of the molecule is CC(C)C(=O)N(CC[NH+]1CCOCC1)CC(=O)N(Cc1ccccc1)Cc1ccco1. The second-order valence-electron chi connectivity index (χ2n) is 8.34. The summed E-state index contributed by atoms with van der Waals surface area (Å²) in [5.41, 5.74) is 1.04. The van der Waals surface area contributed by atoms with Crippen LogP contribution in [0.5, 0.6) is 0 Å². The van der Waals surface area contributed by atoms with Gasteiger partial charge < -0.3 is 23.9 Å². The summed E-state index contributed by atoms with van der Waals surface area (Å²) in [7, 11) is 0. The number of hydrogen-bond donors (Lipinski definition) is 1. The van der Waals surface area contributed by atoms with Crippen LogP contribution in [0.1, 0.15) is 25.2 Å². The molecule has 0 unspecified atom stereocenters. The quantitative estimate of drug-likeness (QED) is 0.618.